The molecule has 7 nitrogen and oxygen atoms in total. The van der Waals surface area contributed by atoms with Crippen LogP contribution in [0, 0.1) is 0 Å². The Kier molecular flexibility index (Phi) is 8.05. The number of aliphatic hydroxyl groups excluding tert-OH is 1. The van der Waals surface area contributed by atoms with Gasteiger partial charge in [0.1, 0.15) is 23.0 Å². The molecular weight excluding hydrogens is 482 g/mol. The predicted octanol–water partition coefficient (Wildman–Crippen LogP) is 6.24. The molecule has 1 N–H and O–H groups in total. The molecule has 1 saturated heterocycles. The standard InChI is InChI=1S/C31H33NO6/c1-6-37-23-12-8-10-20(16-23)28-27(29(33)21-14-15-26(36-5)25(17-21)19(3)4)30(34)31(35)32(28)22-11-9-13-24(18-22)38-7-2/h8-19,28,33H,6-7H2,1-5H3/b29-27+. The van der Waals surface area contributed by atoms with Crippen LogP contribution in [-0.4, -0.2) is 37.1 Å². The van der Waals surface area contributed by atoms with Gasteiger partial charge >= 0.3 is 0 Å². The quantitative estimate of drug-likeness (QED) is 0.206. The van der Waals surface area contributed by atoms with E-state index in [0.29, 0.717) is 47.3 Å². The number of Topliss-reactive ketones (excluding diaryl/α,β-unsaturated/α-hetero) is 1. The molecule has 3 aromatic carbocycles. The topological polar surface area (TPSA) is 85.3 Å². The Bertz CT molecular complexity index is 1380. The Morgan fingerprint density at radius 1 is 0.921 bits per heavy atom. The largest absolute Gasteiger partial charge is 0.507 e. The summed E-state index contributed by atoms with van der Waals surface area (Å²) < 4.78 is 16.8. The SMILES string of the molecule is CCOc1cccc(C2/C(=C(\O)c3ccc(OC)c(C(C)C)c3)C(=O)C(=O)N2c2cccc(OCC)c2)c1. The molecule has 1 aliphatic heterocycles. The van der Waals surface area contributed by atoms with Gasteiger partial charge in [-0.3, -0.25) is 14.5 Å². The normalized spacial score (nSPS) is 16.7. The Morgan fingerprint density at radius 2 is 1.58 bits per heavy atom. The Morgan fingerprint density at radius 3 is 2.21 bits per heavy atom. The zero-order valence-corrected chi connectivity index (χ0v) is 22.4. The molecule has 198 valence electrons. The third-order valence-electron chi connectivity index (χ3n) is 6.46. The van der Waals surface area contributed by atoms with Gasteiger partial charge in [-0.25, -0.2) is 0 Å². The molecule has 0 aromatic heterocycles. The number of nitrogens with zero attached hydrogens (tertiary/aromatic N) is 1. The molecule has 1 aliphatic rings. The highest BCUT2D eigenvalue weighted by Crippen LogP contribution is 2.44. The van der Waals surface area contributed by atoms with E-state index in [2.05, 4.69) is 0 Å². The molecule has 0 saturated carbocycles. The fourth-order valence-electron chi connectivity index (χ4n) is 4.73. The molecule has 1 heterocycles. The van der Waals surface area contributed by atoms with E-state index in [4.69, 9.17) is 14.2 Å². The number of ether oxygens (including phenoxy) is 3. The number of carbonyl (C=O) groups is 2. The van der Waals surface area contributed by atoms with Crippen molar-refractivity contribution in [1.29, 1.82) is 0 Å². The van der Waals surface area contributed by atoms with E-state index in [1.165, 1.54) is 4.90 Å². The lowest BCUT2D eigenvalue weighted by Crippen LogP contribution is -2.29. The molecule has 1 atom stereocenters. The van der Waals surface area contributed by atoms with Crippen LogP contribution in [-0.2, 0) is 9.59 Å². The van der Waals surface area contributed by atoms with Crippen molar-refractivity contribution in [3.63, 3.8) is 0 Å². The maximum absolute atomic E-state index is 13.6. The molecular formula is C31H33NO6. The van der Waals surface area contributed by atoms with Crippen LogP contribution in [0.2, 0.25) is 0 Å². The highest BCUT2D eigenvalue weighted by Gasteiger charge is 2.47. The summed E-state index contributed by atoms with van der Waals surface area (Å²) in [5.41, 5.74) is 2.44. The summed E-state index contributed by atoms with van der Waals surface area (Å²) in [4.78, 5) is 28.5. The van der Waals surface area contributed by atoms with Crippen LogP contribution < -0.4 is 19.1 Å². The summed E-state index contributed by atoms with van der Waals surface area (Å²) in [5, 5.41) is 11.6. The van der Waals surface area contributed by atoms with Crippen LogP contribution in [0.1, 0.15) is 56.3 Å². The molecule has 0 bridgehead atoms. The van der Waals surface area contributed by atoms with Gasteiger partial charge in [-0.05, 0) is 73.4 Å². The Hall–Kier alpha value is -4.26. The van der Waals surface area contributed by atoms with Crippen LogP contribution in [0.15, 0.2) is 72.3 Å². The second kappa shape index (κ2) is 11.4. The van der Waals surface area contributed by atoms with Gasteiger partial charge in [0.05, 0.1) is 31.9 Å². The first-order chi connectivity index (χ1) is 18.3. The number of amides is 1. The van der Waals surface area contributed by atoms with Crippen molar-refractivity contribution in [3.8, 4) is 17.2 Å². The average Bonchev–Trinajstić information content (AvgIpc) is 3.18. The van der Waals surface area contributed by atoms with E-state index < -0.39 is 17.7 Å². The first kappa shape index (κ1) is 26.8. The summed E-state index contributed by atoms with van der Waals surface area (Å²) >= 11 is 0. The number of ketones is 1. The molecule has 0 spiro atoms. The van der Waals surface area contributed by atoms with E-state index in [1.54, 1.807) is 61.7 Å². The minimum Gasteiger partial charge on any atom is -0.507 e. The zero-order valence-electron chi connectivity index (χ0n) is 22.4. The van der Waals surface area contributed by atoms with E-state index in [1.807, 2.05) is 39.8 Å². The first-order valence-electron chi connectivity index (χ1n) is 12.8. The summed E-state index contributed by atoms with van der Waals surface area (Å²) in [6.45, 7) is 8.71. The van der Waals surface area contributed by atoms with Gasteiger partial charge in [-0.1, -0.05) is 32.0 Å². The predicted molar refractivity (Wildman–Crippen MR) is 147 cm³/mol. The lowest BCUT2D eigenvalue weighted by Gasteiger charge is -2.26. The number of benzene rings is 3. The number of hydrogen-bond donors (Lipinski definition) is 1. The zero-order chi connectivity index (χ0) is 27.4. The maximum atomic E-state index is 13.6. The second-order valence-corrected chi connectivity index (χ2v) is 9.22. The fraction of sp³-hybridized carbons (Fsp3) is 0.290. The van der Waals surface area contributed by atoms with Crippen LogP contribution in [0.5, 0.6) is 17.2 Å². The van der Waals surface area contributed by atoms with Crippen LogP contribution >= 0.6 is 0 Å². The van der Waals surface area contributed by atoms with Crippen molar-refractivity contribution in [2.75, 3.05) is 25.2 Å². The van der Waals surface area contributed by atoms with Gasteiger partial charge in [-0.15, -0.1) is 0 Å². The minimum absolute atomic E-state index is 0.00494. The lowest BCUT2D eigenvalue weighted by molar-refractivity contribution is -0.132. The first-order valence-corrected chi connectivity index (χ1v) is 12.8. The Balaban J connectivity index is 1.94. The summed E-state index contributed by atoms with van der Waals surface area (Å²) in [5.74, 6) is 0.229. The molecule has 4 rings (SSSR count). The van der Waals surface area contributed by atoms with Gasteiger partial charge in [0.2, 0.25) is 0 Å². The van der Waals surface area contributed by atoms with E-state index in [0.717, 1.165) is 5.56 Å². The van der Waals surface area contributed by atoms with Crippen molar-refractivity contribution in [2.24, 2.45) is 0 Å². The highest BCUT2D eigenvalue weighted by atomic mass is 16.5. The van der Waals surface area contributed by atoms with Crippen molar-refractivity contribution >= 4 is 23.1 Å². The highest BCUT2D eigenvalue weighted by molar-refractivity contribution is 6.51. The third-order valence-corrected chi connectivity index (χ3v) is 6.46. The molecule has 0 radical (unpaired) electrons. The van der Waals surface area contributed by atoms with Crippen molar-refractivity contribution in [1.82, 2.24) is 0 Å². The van der Waals surface area contributed by atoms with Gasteiger partial charge in [0.25, 0.3) is 11.7 Å². The van der Waals surface area contributed by atoms with E-state index in [9.17, 15) is 14.7 Å². The van der Waals surface area contributed by atoms with E-state index in [-0.39, 0.29) is 17.3 Å². The summed E-state index contributed by atoms with van der Waals surface area (Å²) in [7, 11) is 1.59. The van der Waals surface area contributed by atoms with E-state index >= 15 is 0 Å². The number of carbonyl (C=O) groups excluding carboxylic acids is 2. The van der Waals surface area contributed by atoms with Crippen molar-refractivity contribution < 1.29 is 28.9 Å². The van der Waals surface area contributed by atoms with Crippen LogP contribution in [0.3, 0.4) is 0 Å². The fourth-order valence-corrected chi connectivity index (χ4v) is 4.73. The molecule has 3 aromatic rings. The summed E-state index contributed by atoms with van der Waals surface area (Å²) in [6.07, 6.45) is 0. The number of anilines is 1. The number of hydrogen-bond acceptors (Lipinski definition) is 6. The van der Waals surface area contributed by atoms with Gasteiger partial charge < -0.3 is 19.3 Å². The number of aliphatic hydroxyl groups is 1. The van der Waals surface area contributed by atoms with Crippen LogP contribution in [0.25, 0.3) is 5.76 Å². The molecule has 1 fully saturated rings. The van der Waals surface area contributed by atoms with Gasteiger partial charge in [0.15, 0.2) is 0 Å². The number of methoxy groups -OCH3 is 1. The summed E-state index contributed by atoms with van der Waals surface area (Å²) in [6, 6.07) is 18.6. The number of rotatable bonds is 9. The minimum atomic E-state index is -0.878. The van der Waals surface area contributed by atoms with Gasteiger partial charge in [0, 0.05) is 17.3 Å². The average molecular weight is 516 g/mol. The molecule has 1 amide bonds. The molecule has 0 aliphatic carbocycles. The smallest absolute Gasteiger partial charge is 0.300 e. The molecule has 1 unspecified atom stereocenters. The Labute approximate surface area is 223 Å². The second-order valence-electron chi connectivity index (χ2n) is 9.22. The van der Waals surface area contributed by atoms with Crippen molar-refractivity contribution in [2.45, 2.75) is 39.7 Å². The van der Waals surface area contributed by atoms with Gasteiger partial charge in [-0.2, -0.15) is 0 Å². The van der Waals surface area contributed by atoms with Crippen LogP contribution in [0.4, 0.5) is 5.69 Å². The molecule has 38 heavy (non-hydrogen) atoms. The third kappa shape index (κ3) is 5.09. The lowest BCUT2D eigenvalue weighted by atomic mass is 9.93. The monoisotopic (exact) mass is 515 g/mol. The van der Waals surface area contributed by atoms with Crippen molar-refractivity contribution in [3.05, 3.63) is 89.0 Å². The molecule has 7 heteroatoms. The maximum Gasteiger partial charge on any atom is 0.300 e.